The number of carbonyl (C=O) groups is 1. The first-order valence-corrected chi connectivity index (χ1v) is 8.96. The molecule has 1 N–H and O–H groups in total. The molecule has 2 aromatic heterocycles. The van der Waals surface area contributed by atoms with Gasteiger partial charge < -0.3 is 14.6 Å². The number of benzene rings is 2. The lowest BCUT2D eigenvalue weighted by Gasteiger charge is -2.09. The van der Waals surface area contributed by atoms with E-state index in [4.69, 9.17) is 16.3 Å². The molecule has 0 unspecified atom stereocenters. The van der Waals surface area contributed by atoms with Crippen LogP contribution < -0.4 is 10.1 Å². The van der Waals surface area contributed by atoms with Gasteiger partial charge >= 0.3 is 0 Å². The number of hydrogen-bond acceptors (Lipinski definition) is 4. The van der Waals surface area contributed by atoms with Gasteiger partial charge in [-0.3, -0.25) is 4.79 Å². The van der Waals surface area contributed by atoms with Crippen LogP contribution in [-0.4, -0.2) is 20.4 Å². The third-order valence-electron chi connectivity index (χ3n) is 4.02. The zero-order valence-corrected chi connectivity index (χ0v) is 15.7. The largest absolute Gasteiger partial charge is 0.439 e. The van der Waals surface area contributed by atoms with E-state index in [1.165, 1.54) is 24.5 Å². The molecule has 0 atom stereocenters. The van der Waals surface area contributed by atoms with Crippen LogP contribution >= 0.6 is 11.6 Å². The van der Waals surface area contributed by atoms with Crippen LogP contribution in [0.1, 0.15) is 10.4 Å². The van der Waals surface area contributed by atoms with E-state index in [2.05, 4.69) is 15.3 Å². The molecule has 0 spiro atoms. The Morgan fingerprint density at radius 2 is 1.79 bits per heavy atom. The minimum atomic E-state index is -0.683. The molecule has 0 bridgehead atoms. The highest BCUT2D eigenvalue weighted by Crippen LogP contribution is 2.24. The van der Waals surface area contributed by atoms with Gasteiger partial charge in [-0.05, 0) is 48.5 Å². The summed E-state index contributed by atoms with van der Waals surface area (Å²) < 4.78 is 21.4. The normalized spacial score (nSPS) is 10.6. The maximum Gasteiger partial charge on any atom is 0.260 e. The van der Waals surface area contributed by atoms with E-state index in [0.29, 0.717) is 23.1 Å². The minimum absolute atomic E-state index is 0.0460. The number of halogens is 2. The summed E-state index contributed by atoms with van der Waals surface area (Å²) in [6.45, 7) is 0. The van der Waals surface area contributed by atoms with Crippen LogP contribution in [0.5, 0.6) is 11.6 Å². The van der Waals surface area contributed by atoms with Crippen LogP contribution in [0.15, 0.2) is 79.4 Å². The van der Waals surface area contributed by atoms with Gasteiger partial charge in [0.15, 0.2) is 0 Å². The molecule has 2 heterocycles. The lowest BCUT2D eigenvalue weighted by Crippen LogP contribution is -2.14. The van der Waals surface area contributed by atoms with Crippen LogP contribution in [0.2, 0.25) is 5.02 Å². The van der Waals surface area contributed by atoms with Gasteiger partial charge in [-0.25, -0.2) is 14.4 Å². The minimum Gasteiger partial charge on any atom is -0.439 e. The van der Waals surface area contributed by atoms with Crippen molar-refractivity contribution >= 4 is 23.2 Å². The molecular formula is C21H14ClFN4O2. The van der Waals surface area contributed by atoms with Crippen molar-refractivity contribution in [2.45, 2.75) is 0 Å². The Kier molecular flexibility index (Phi) is 5.22. The van der Waals surface area contributed by atoms with Crippen LogP contribution in [0.4, 0.5) is 10.1 Å². The smallest absolute Gasteiger partial charge is 0.260 e. The number of carbonyl (C=O) groups excluding carboxylic acids is 1. The van der Waals surface area contributed by atoms with Crippen molar-refractivity contribution in [2.75, 3.05) is 5.32 Å². The summed E-state index contributed by atoms with van der Waals surface area (Å²) >= 11 is 5.92. The Labute approximate surface area is 170 Å². The van der Waals surface area contributed by atoms with E-state index in [9.17, 15) is 9.18 Å². The molecule has 0 radical (unpaired) electrons. The fourth-order valence-corrected chi connectivity index (χ4v) is 2.90. The number of amides is 1. The first kappa shape index (κ1) is 18.6. The van der Waals surface area contributed by atoms with Crippen molar-refractivity contribution in [2.24, 2.45) is 0 Å². The van der Waals surface area contributed by atoms with Gasteiger partial charge in [-0.15, -0.1) is 0 Å². The topological polar surface area (TPSA) is 69.0 Å². The summed E-state index contributed by atoms with van der Waals surface area (Å²) in [5, 5.41) is 2.66. The molecule has 29 heavy (non-hydrogen) atoms. The standard InChI is InChI=1S/C21H14ClFN4O2/c22-16-4-3-5-17(23)20(16)21(28)26-14-6-8-15(9-7-14)29-19-12-18(24-13-25-19)27-10-1-2-11-27/h1-13H,(H,26,28). The number of anilines is 1. The van der Waals surface area contributed by atoms with Crippen molar-refractivity contribution in [1.82, 2.24) is 14.5 Å². The highest BCUT2D eigenvalue weighted by Gasteiger charge is 2.15. The van der Waals surface area contributed by atoms with Crippen molar-refractivity contribution in [1.29, 1.82) is 0 Å². The summed E-state index contributed by atoms with van der Waals surface area (Å²) in [7, 11) is 0. The van der Waals surface area contributed by atoms with E-state index in [-0.39, 0.29) is 10.6 Å². The number of aromatic nitrogens is 3. The van der Waals surface area contributed by atoms with Crippen LogP contribution in [0.25, 0.3) is 5.82 Å². The molecule has 0 aliphatic rings. The first-order valence-electron chi connectivity index (χ1n) is 8.59. The highest BCUT2D eigenvalue weighted by molar-refractivity contribution is 6.34. The zero-order valence-electron chi connectivity index (χ0n) is 14.9. The molecule has 0 fully saturated rings. The molecule has 6 nitrogen and oxygen atoms in total. The van der Waals surface area contributed by atoms with E-state index in [1.807, 2.05) is 29.1 Å². The Balaban J connectivity index is 1.46. The van der Waals surface area contributed by atoms with Gasteiger partial charge in [0.05, 0.1) is 10.6 Å². The maximum absolute atomic E-state index is 13.9. The molecule has 2 aromatic carbocycles. The number of hydrogen-bond donors (Lipinski definition) is 1. The molecule has 4 aromatic rings. The van der Waals surface area contributed by atoms with Crippen molar-refractivity contribution in [3.63, 3.8) is 0 Å². The predicted octanol–water partition coefficient (Wildman–Crippen LogP) is 5.10. The highest BCUT2D eigenvalue weighted by atomic mass is 35.5. The van der Waals surface area contributed by atoms with E-state index in [1.54, 1.807) is 30.3 Å². The van der Waals surface area contributed by atoms with Gasteiger partial charge in [0.1, 0.15) is 23.7 Å². The second-order valence-electron chi connectivity index (χ2n) is 5.98. The summed E-state index contributed by atoms with van der Waals surface area (Å²) in [6.07, 6.45) is 5.15. The molecule has 4 rings (SSSR count). The molecule has 144 valence electrons. The number of ether oxygens (including phenoxy) is 1. The lowest BCUT2D eigenvalue weighted by molar-refractivity contribution is 0.102. The molecule has 0 saturated carbocycles. The Bertz CT molecular complexity index is 1130. The number of nitrogens with one attached hydrogen (secondary N) is 1. The van der Waals surface area contributed by atoms with Crippen molar-refractivity contribution in [3.05, 3.63) is 95.8 Å². The van der Waals surface area contributed by atoms with Gasteiger partial charge in [-0.2, -0.15) is 0 Å². The summed E-state index contributed by atoms with van der Waals surface area (Å²) in [4.78, 5) is 20.6. The third-order valence-corrected chi connectivity index (χ3v) is 4.34. The molecule has 0 aliphatic heterocycles. The van der Waals surface area contributed by atoms with Crippen molar-refractivity contribution < 1.29 is 13.9 Å². The first-order chi connectivity index (χ1) is 14.1. The monoisotopic (exact) mass is 408 g/mol. The van der Waals surface area contributed by atoms with Gasteiger partial charge in [0.25, 0.3) is 5.91 Å². The van der Waals surface area contributed by atoms with Gasteiger partial charge in [0.2, 0.25) is 5.88 Å². The molecular weight excluding hydrogens is 395 g/mol. The predicted molar refractivity (Wildman–Crippen MR) is 107 cm³/mol. The second-order valence-corrected chi connectivity index (χ2v) is 6.39. The van der Waals surface area contributed by atoms with Gasteiger partial charge in [0, 0.05) is 24.1 Å². The van der Waals surface area contributed by atoms with Gasteiger partial charge in [-0.1, -0.05) is 17.7 Å². The van der Waals surface area contributed by atoms with Crippen LogP contribution in [0, 0.1) is 5.82 Å². The molecule has 0 aliphatic carbocycles. The Morgan fingerprint density at radius 1 is 1.03 bits per heavy atom. The average molecular weight is 409 g/mol. The lowest BCUT2D eigenvalue weighted by atomic mass is 10.2. The molecule has 8 heteroatoms. The fourth-order valence-electron chi connectivity index (χ4n) is 2.65. The Hall–Kier alpha value is -3.71. The van der Waals surface area contributed by atoms with E-state index < -0.39 is 11.7 Å². The third kappa shape index (κ3) is 4.25. The summed E-state index contributed by atoms with van der Waals surface area (Å²) in [5.74, 6) is 0.250. The number of rotatable bonds is 5. The summed E-state index contributed by atoms with van der Waals surface area (Å²) in [5.41, 5.74) is 0.269. The number of nitrogens with zero attached hydrogens (tertiary/aromatic N) is 3. The van der Waals surface area contributed by atoms with Crippen LogP contribution in [-0.2, 0) is 0 Å². The molecule has 0 saturated heterocycles. The quantitative estimate of drug-likeness (QED) is 0.498. The summed E-state index contributed by atoms with van der Waals surface area (Å²) in [6, 6.07) is 16.2. The van der Waals surface area contributed by atoms with E-state index >= 15 is 0 Å². The molecule has 1 amide bonds. The maximum atomic E-state index is 13.9. The fraction of sp³-hybridized carbons (Fsp3) is 0. The zero-order chi connectivity index (χ0) is 20.2. The SMILES string of the molecule is O=C(Nc1ccc(Oc2cc(-n3cccc3)ncn2)cc1)c1c(F)cccc1Cl. The van der Waals surface area contributed by atoms with E-state index in [0.717, 1.165) is 0 Å². The van der Waals surface area contributed by atoms with Crippen molar-refractivity contribution in [3.8, 4) is 17.4 Å². The van der Waals surface area contributed by atoms with Crippen LogP contribution in [0.3, 0.4) is 0 Å². The Morgan fingerprint density at radius 3 is 2.52 bits per heavy atom. The average Bonchev–Trinajstić information content (AvgIpc) is 3.25. The second kappa shape index (κ2) is 8.12.